The maximum atomic E-state index is 12.9. The SMILES string of the molecule is N[C@H]1COc2cc(Cl)c(F)cc21. The van der Waals surface area contributed by atoms with E-state index in [1.54, 1.807) is 0 Å². The van der Waals surface area contributed by atoms with Crippen molar-refractivity contribution in [2.45, 2.75) is 6.04 Å². The fourth-order valence-corrected chi connectivity index (χ4v) is 1.38. The number of rotatable bonds is 0. The Balaban J connectivity index is 2.56. The van der Waals surface area contributed by atoms with Gasteiger partial charge in [-0.3, -0.25) is 0 Å². The molecule has 0 radical (unpaired) electrons. The molecule has 2 rings (SSSR count). The third kappa shape index (κ3) is 1.06. The van der Waals surface area contributed by atoms with Crippen molar-refractivity contribution in [3.8, 4) is 5.75 Å². The lowest BCUT2D eigenvalue weighted by Crippen LogP contribution is -2.10. The molecule has 1 aliphatic heterocycles. The molecule has 1 heterocycles. The molecule has 64 valence electrons. The van der Waals surface area contributed by atoms with E-state index in [0.717, 1.165) is 0 Å². The zero-order chi connectivity index (χ0) is 8.72. The molecule has 1 aliphatic rings. The topological polar surface area (TPSA) is 35.2 Å². The van der Waals surface area contributed by atoms with E-state index in [1.807, 2.05) is 0 Å². The number of hydrogen-bond donors (Lipinski definition) is 1. The largest absolute Gasteiger partial charge is 0.491 e. The van der Waals surface area contributed by atoms with Crippen molar-refractivity contribution in [3.05, 3.63) is 28.5 Å². The Morgan fingerprint density at radius 2 is 2.33 bits per heavy atom. The van der Waals surface area contributed by atoms with Gasteiger partial charge in [-0.05, 0) is 6.07 Å². The molecule has 0 bridgehead atoms. The summed E-state index contributed by atoms with van der Waals surface area (Å²) < 4.78 is 18.1. The van der Waals surface area contributed by atoms with Crippen molar-refractivity contribution in [2.75, 3.05) is 6.61 Å². The molecule has 0 spiro atoms. The van der Waals surface area contributed by atoms with E-state index in [1.165, 1.54) is 12.1 Å². The maximum absolute atomic E-state index is 12.9. The molecule has 1 aromatic carbocycles. The molecule has 1 atom stereocenters. The van der Waals surface area contributed by atoms with Gasteiger partial charge in [0, 0.05) is 11.6 Å². The minimum absolute atomic E-state index is 0.0721. The van der Waals surface area contributed by atoms with Crippen LogP contribution in [0.2, 0.25) is 5.02 Å². The van der Waals surface area contributed by atoms with Crippen LogP contribution in [0.25, 0.3) is 0 Å². The summed E-state index contributed by atoms with van der Waals surface area (Å²) in [5, 5.41) is 0.0721. The lowest BCUT2D eigenvalue weighted by molar-refractivity contribution is 0.333. The summed E-state index contributed by atoms with van der Waals surface area (Å²) in [6.07, 6.45) is 0. The molecule has 0 amide bonds. The second-order valence-electron chi connectivity index (χ2n) is 2.72. The smallest absolute Gasteiger partial charge is 0.142 e. The first-order valence-corrected chi connectivity index (χ1v) is 3.93. The summed E-state index contributed by atoms with van der Waals surface area (Å²) in [5.74, 6) is 0.144. The van der Waals surface area contributed by atoms with Crippen molar-refractivity contribution in [1.82, 2.24) is 0 Å². The van der Waals surface area contributed by atoms with Crippen molar-refractivity contribution in [1.29, 1.82) is 0 Å². The molecule has 0 saturated heterocycles. The van der Waals surface area contributed by atoms with Crippen molar-refractivity contribution >= 4 is 11.6 Å². The molecule has 12 heavy (non-hydrogen) atoms. The monoisotopic (exact) mass is 187 g/mol. The molecular formula is C8H7ClFNO. The third-order valence-electron chi connectivity index (χ3n) is 1.87. The van der Waals surface area contributed by atoms with Gasteiger partial charge in [0.15, 0.2) is 0 Å². The number of nitrogens with two attached hydrogens (primary N) is 1. The van der Waals surface area contributed by atoms with Gasteiger partial charge >= 0.3 is 0 Å². The number of hydrogen-bond acceptors (Lipinski definition) is 2. The van der Waals surface area contributed by atoms with Crippen LogP contribution in [0.3, 0.4) is 0 Å². The van der Waals surface area contributed by atoms with E-state index < -0.39 is 5.82 Å². The fourth-order valence-electron chi connectivity index (χ4n) is 1.23. The quantitative estimate of drug-likeness (QED) is 0.673. The number of benzene rings is 1. The Morgan fingerprint density at radius 1 is 1.58 bits per heavy atom. The zero-order valence-electron chi connectivity index (χ0n) is 6.18. The Hall–Kier alpha value is -0.800. The van der Waals surface area contributed by atoms with E-state index in [4.69, 9.17) is 22.1 Å². The van der Waals surface area contributed by atoms with Crippen LogP contribution in [0.5, 0.6) is 5.75 Å². The van der Waals surface area contributed by atoms with Crippen molar-refractivity contribution in [2.24, 2.45) is 5.73 Å². The van der Waals surface area contributed by atoms with Crippen LogP contribution < -0.4 is 10.5 Å². The first-order chi connectivity index (χ1) is 5.68. The minimum Gasteiger partial charge on any atom is -0.491 e. The summed E-state index contributed by atoms with van der Waals surface area (Å²) in [6.45, 7) is 0.398. The first kappa shape index (κ1) is 7.83. The van der Waals surface area contributed by atoms with Gasteiger partial charge in [0.1, 0.15) is 18.2 Å². The Labute approximate surface area is 74.1 Å². The van der Waals surface area contributed by atoms with E-state index >= 15 is 0 Å². The summed E-state index contributed by atoms with van der Waals surface area (Å²) >= 11 is 5.54. The molecule has 0 fully saturated rings. The summed E-state index contributed by atoms with van der Waals surface area (Å²) in [7, 11) is 0. The second kappa shape index (κ2) is 2.61. The normalized spacial score (nSPS) is 20.4. The highest BCUT2D eigenvalue weighted by atomic mass is 35.5. The van der Waals surface area contributed by atoms with E-state index in [0.29, 0.717) is 17.9 Å². The molecule has 4 heteroatoms. The van der Waals surface area contributed by atoms with Crippen LogP contribution in [0, 0.1) is 5.82 Å². The Bertz CT molecular complexity index is 329. The highest BCUT2D eigenvalue weighted by molar-refractivity contribution is 6.30. The van der Waals surface area contributed by atoms with Crippen LogP contribution in [0.1, 0.15) is 11.6 Å². The van der Waals surface area contributed by atoms with Crippen LogP contribution >= 0.6 is 11.6 Å². The predicted molar refractivity (Wildman–Crippen MR) is 43.8 cm³/mol. The average molecular weight is 188 g/mol. The van der Waals surface area contributed by atoms with Gasteiger partial charge in [-0.2, -0.15) is 0 Å². The van der Waals surface area contributed by atoms with Crippen molar-refractivity contribution in [3.63, 3.8) is 0 Å². The minimum atomic E-state index is -0.448. The van der Waals surface area contributed by atoms with E-state index in [-0.39, 0.29) is 11.1 Å². The van der Waals surface area contributed by atoms with Crippen molar-refractivity contribution < 1.29 is 9.13 Å². The number of halogens is 2. The number of fused-ring (bicyclic) bond motifs is 1. The molecule has 1 aromatic rings. The highest BCUT2D eigenvalue weighted by Gasteiger charge is 2.22. The van der Waals surface area contributed by atoms with Crippen LogP contribution in [-0.2, 0) is 0 Å². The van der Waals surface area contributed by atoms with Gasteiger partial charge in [-0.1, -0.05) is 11.6 Å². The molecular weight excluding hydrogens is 181 g/mol. The van der Waals surface area contributed by atoms with Crippen LogP contribution in [0.15, 0.2) is 12.1 Å². The zero-order valence-corrected chi connectivity index (χ0v) is 6.94. The molecule has 2 N–H and O–H groups in total. The van der Waals surface area contributed by atoms with Gasteiger partial charge in [0.2, 0.25) is 0 Å². The first-order valence-electron chi connectivity index (χ1n) is 3.56. The standard InChI is InChI=1S/C8H7ClFNO/c9-5-2-8-4(1-6(5)10)7(11)3-12-8/h1-2,7H,3,11H2/t7-/m0/s1. The predicted octanol–water partition coefficient (Wildman–Crippen LogP) is 1.87. The average Bonchev–Trinajstić information content (AvgIpc) is 2.35. The summed E-state index contributed by atoms with van der Waals surface area (Å²) in [5.41, 5.74) is 6.32. The van der Waals surface area contributed by atoms with Gasteiger partial charge < -0.3 is 10.5 Å². The molecule has 0 saturated carbocycles. The number of ether oxygens (including phenoxy) is 1. The Morgan fingerprint density at radius 3 is 3.08 bits per heavy atom. The Kier molecular flexibility index (Phi) is 1.70. The third-order valence-corrected chi connectivity index (χ3v) is 2.16. The van der Waals surface area contributed by atoms with Gasteiger partial charge in [-0.25, -0.2) is 4.39 Å². The lowest BCUT2D eigenvalue weighted by Gasteiger charge is -2.01. The fraction of sp³-hybridized carbons (Fsp3) is 0.250. The molecule has 0 aromatic heterocycles. The second-order valence-corrected chi connectivity index (χ2v) is 3.13. The van der Waals surface area contributed by atoms with E-state index in [9.17, 15) is 4.39 Å². The molecule has 0 unspecified atom stereocenters. The maximum Gasteiger partial charge on any atom is 0.142 e. The van der Waals surface area contributed by atoms with E-state index in [2.05, 4.69) is 0 Å². The van der Waals surface area contributed by atoms with Crippen LogP contribution in [0.4, 0.5) is 4.39 Å². The molecule has 0 aliphatic carbocycles. The summed E-state index contributed by atoms with van der Waals surface area (Å²) in [4.78, 5) is 0. The highest BCUT2D eigenvalue weighted by Crippen LogP contribution is 2.34. The molecule has 2 nitrogen and oxygen atoms in total. The van der Waals surface area contributed by atoms with Gasteiger partial charge in [0.05, 0.1) is 11.1 Å². The summed E-state index contributed by atoms with van der Waals surface area (Å²) in [6, 6.07) is 2.56. The van der Waals surface area contributed by atoms with Crippen LogP contribution in [-0.4, -0.2) is 6.61 Å². The lowest BCUT2D eigenvalue weighted by atomic mass is 10.1. The van der Waals surface area contributed by atoms with Gasteiger partial charge in [-0.15, -0.1) is 0 Å². The van der Waals surface area contributed by atoms with Gasteiger partial charge in [0.25, 0.3) is 0 Å².